The Balaban J connectivity index is 1.24. The average Bonchev–Trinajstić information content (AvgIpc) is 3.76. The molecule has 10 rings (SSSR count). The van der Waals surface area contributed by atoms with Crippen molar-refractivity contribution in [3.05, 3.63) is 193 Å². The van der Waals surface area contributed by atoms with Crippen LogP contribution in [0.2, 0.25) is 0 Å². The molecule has 0 unspecified atom stereocenters. The second-order valence-electron chi connectivity index (χ2n) is 13.9. The molecule has 0 fully saturated rings. The van der Waals surface area contributed by atoms with E-state index in [1.165, 1.54) is 44.1 Å². The molecule has 0 N–H and O–H groups in total. The second kappa shape index (κ2) is 12.4. The summed E-state index contributed by atoms with van der Waals surface area (Å²) in [7, 11) is 0. The summed E-state index contributed by atoms with van der Waals surface area (Å²) in [5.41, 5.74) is 15.5. The number of benzene rings is 8. The van der Waals surface area contributed by atoms with Gasteiger partial charge >= 0.3 is 0 Å². The van der Waals surface area contributed by atoms with Gasteiger partial charge in [0.2, 0.25) is 0 Å². The maximum absolute atomic E-state index is 6.94. The molecule has 3 nitrogen and oxygen atoms in total. The number of hydrogen-bond donors (Lipinski definition) is 0. The molecule has 0 bridgehead atoms. The summed E-state index contributed by atoms with van der Waals surface area (Å²) in [5.74, 6) is 0. The molecule has 0 aliphatic rings. The number of fused-ring (bicyclic) bond motifs is 6. The largest absolute Gasteiger partial charge is 0.455 e. The number of hydrogen-bond acceptors (Lipinski definition) is 2. The molecule has 8 aromatic carbocycles. The van der Waals surface area contributed by atoms with Crippen LogP contribution in [0.15, 0.2) is 186 Å². The third-order valence-corrected chi connectivity index (χ3v) is 10.6. The normalized spacial score (nSPS) is 11.6. The lowest BCUT2D eigenvalue weighted by Gasteiger charge is -2.29. The lowest BCUT2D eigenvalue weighted by molar-refractivity contribution is 0.670. The van der Waals surface area contributed by atoms with Crippen LogP contribution in [-0.4, -0.2) is 4.57 Å². The molecule has 252 valence electrons. The first-order valence-electron chi connectivity index (χ1n) is 18.2. The Bertz CT molecular complexity index is 2930. The highest BCUT2D eigenvalue weighted by Crippen LogP contribution is 2.48. The van der Waals surface area contributed by atoms with Crippen LogP contribution >= 0.6 is 0 Å². The number of rotatable bonds is 6. The number of nitrogens with zero attached hydrogens (tertiary/aromatic N) is 2. The summed E-state index contributed by atoms with van der Waals surface area (Å²) < 4.78 is 9.34. The molecule has 0 atom stereocenters. The van der Waals surface area contributed by atoms with Gasteiger partial charge in [0, 0.05) is 38.7 Å². The lowest BCUT2D eigenvalue weighted by Crippen LogP contribution is -2.12. The van der Waals surface area contributed by atoms with Gasteiger partial charge in [0.15, 0.2) is 0 Å². The standard InChI is InChI=1S/C50H36N2O/c1-33-15-14-18-37(31-33)51(43-29-27-36(32-34(43)2)35-16-4-3-5-17-35)47-30-28-41(50-49(47)42-22-9-13-26-48(42)53-50)40-21-8-12-25-46(40)52-44-23-10-6-19-38(44)39-20-7-11-24-45(39)52/h3-32H,1-2H3. The Morgan fingerprint density at radius 1 is 0.472 bits per heavy atom. The second-order valence-corrected chi connectivity index (χ2v) is 13.9. The number of anilines is 3. The van der Waals surface area contributed by atoms with Crippen molar-refractivity contribution in [2.75, 3.05) is 4.90 Å². The monoisotopic (exact) mass is 680 g/mol. The van der Waals surface area contributed by atoms with Gasteiger partial charge < -0.3 is 13.9 Å². The van der Waals surface area contributed by atoms with Gasteiger partial charge in [0.05, 0.1) is 27.8 Å². The number of aryl methyl sites for hydroxylation is 2. The van der Waals surface area contributed by atoms with Gasteiger partial charge in [0.25, 0.3) is 0 Å². The maximum atomic E-state index is 6.94. The molecular formula is C50H36N2O. The van der Waals surface area contributed by atoms with Crippen LogP contribution in [0.1, 0.15) is 11.1 Å². The van der Waals surface area contributed by atoms with Gasteiger partial charge in [0.1, 0.15) is 11.2 Å². The van der Waals surface area contributed by atoms with Crippen LogP contribution < -0.4 is 4.90 Å². The molecule has 0 amide bonds. The SMILES string of the molecule is Cc1cccc(N(c2ccc(-c3ccccc3)cc2C)c2ccc(-c3ccccc3-n3c4ccccc4c4ccccc43)c3oc4ccccc4c23)c1. The first-order chi connectivity index (χ1) is 26.1. The number of para-hydroxylation sites is 4. The summed E-state index contributed by atoms with van der Waals surface area (Å²) in [4.78, 5) is 2.41. The summed E-state index contributed by atoms with van der Waals surface area (Å²) >= 11 is 0. The molecule has 10 aromatic rings. The lowest BCUT2D eigenvalue weighted by atomic mass is 9.97. The minimum absolute atomic E-state index is 0.867. The Kier molecular flexibility index (Phi) is 7.26. The highest BCUT2D eigenvalue weighted by atomic mass is 16.3. The van der Waals surface area contributed by atoms with Crippen molar-refractivity contribution in [1.29, 1.82) is 0 Å². The third-order valence-electron chi connectivity index (χ3n) is 10.6. The number of furan rings is 1. The highest BCUT2D eigenvalue weighted by Gasteiger charge is 2.25. The summed E-state index contributed by atoms with van der Waals surface area (Å²) in [6.45, 7) is 4.37. The fourth-order valence-electron chi connectivity index (χ4n) is 8.18. The minimum atomic E-state index is 0.867. The molecule has 53 heavy (non-hydrogen) atoms. The van der Waals surface area contributed by atoms with E-state index >= 15 is 0 Å². The van der Waals surface area contributed by atoms with E-state index in [1.807, 2.05) is 0 Å². The zero-order valence-corrected chi connectivity index (χ0v) is 29.6. The number of aromatic nitrogens is 1. The fourth-order valence-corrected chi connectivity index (χ4v) is 8.18. The predicted molar refractivity (Wildman–Crippen MR) is 223 cm³/mol. The Hall–Kier alpha value is -6.84. The van der Waals surface area contributed by atoms with E-state index in [4.69, 9.17) is 4.42 Å². The molecule has 0 spiro atoms. The minimum Gasteiger partial charge on any atom is -0.455 e. The van der Waals surface area contributed by atoms with Crippen LogP contribution in [0.5, 0.6) is 0 Å². The molecule has 0 saturated carbocycles. The Morgan fingerprint density at radius 3 is 1.89 bits per heavy atom. The van der Waals surface area contributed by atoms with Crippen molar-refractivity contribution in [2.24, 2.45) is 0 Å². The predicted octanol–water partition coefficient (Wildman–Crippen LogP) is 14.1. The molecule has 0 saturated heterocycles. The smallest absolute Gasteiger partial charge is 0.145 e. The van der Waals surface area contributed by atoms with Crippen LogP contribution in [0.4, 0.5) is 17.1 Å². The van der Waals surface area contributed by atoms with E-state index in [9.17, 15) is 0 Å². The van der Waals surface area contributed by atoms with E-state index in [2.05, 4.69) is 205 Å². The molecule has 3 heteroatoms. The van der Waals surface area contributed by atoms with Gasteiger partial charge in [-0.25, -0.2) is 0 Å². The van der Waals surface area contributed by atoms with E-state index < -0.39 is 0 Å². The maximum Gasteiger partial charge on any atom is 0.145 e. The van der Waals surface area contributed by atoms with Crippen molar-refractivity contribution in [3.63, 3.8) is 0 Å². The zero-order chi connectivity index (χ0) is 35.5. The topological polar surface area (TPSA) is 21.3 Å². The Morgan fingerprint density at radius 2 is 1.13 bits per heavy atom. The van der Waals surface area contributed by atoms with Crippen LogP contribution in [0.3, 0.4) is 0 Å². The van der Waals surface area contributed by atoms with Gasteiger partial charge in [-0.3, -0.25) is 0 Å². The average molecular weight is 681 g/mol. The summed E-state index contributed by atoms with van der Waals surface area (Å²) in [6, 6.07) is 65.2. The van der Waals surface area contributed by atoms with Gasteiger partial charge in [-0.05, 0) is 96.8 Å². The van der Waals surface area contributed by atoms with Crippen LogP contribution in [0.25, 0.3) is 71.7 Å². The van der Waals surface area contributed by atoms with E-state index in [-0.39, 0.29) is 0 Å². The van der Waals surface area contributed by atoms with Gasteiger partial charge in [-0.1, -0.05) is 121 Å². The molecular weight excluding hydrogens is 645 g/mol. The zero-order valence-electron chi connectivity index (χ0n) is 29.6. The van der Waals surface area contributed by atoms with Crippen molar-refractivity contribution < 1.29 is 4.42 Å². The van der Waals surface area contributed by atoms with Gasteiger partial charge in [-0.15, -0.1) is 0 Å². The van der Waals surface area contributed by atoms with Crippen molar-refractivity contribution in [1.82, 2.24) is 4.57 Å². The third kappa shape index (κ3) is 5.04. The van der Waals surface area contributed by atoms with E-state index in [0.29, 0.717) is 0 Å². The van der Waals surface area contributed by atoms with E-state index in [0.717, 1.165) is 55.8 Å². The van der Waals surface area contributed by atoms with Crippen LogP contribution in [0, 0.1) is 13.8 Å². The molecule has 0 aliphatic carbocycles. The van der Waals surface area contributed by atoms with Crippen molar-refractivity contribution in [2.45, 2.75) is 13.8 Å². The van der Waals surface area contributed by atoms with Crippen molar-refractivity contribution >= 4 is 60.8 Å². The van der Waals surface area contributed by atoms with Gasteiger partial charge in [-0.2, -0.15) is 0 Å². The Labute approximate surface area is 308 Å². The summed E-state index contributed by atoms with van der Waals surface area (Å²) in [5, 5.41) is 4.65. The van der Waals surface area contributed by atoms with Crippen molar-refractivity contribution in [3.8, 4) is 27.9 Å². The fraction of sp³-hybridized carbons (Fsp3) is 0.0400. The quantitative estimate of drug-likeness (QED) is 0.174. The highest BCUT2D eigenvalue weighted by molar-refractivity contribution is 6.18. The summed E-state index contributed by atoms with van der Waals surface area (Å²) in [6.07, 6.45) is 0. The first kappa shape index (κ1) is 30.9. The molecule has 2 aromatic heterocycles. The molecule has 0 aliphatic heterocycles. The van der Waals surface area contributed by atoms with E-state index in [1.54, 1.807) is 0 Å². The van der Waals surface area contributed by atoms with Crippen LogP contribution in [-0.2, 0) is 0 Å². The first-order valence-corrected chi connectivity index (χ1v) is 18.2. The molecule has 0 radical (unpaired) electrons. The molecule has 2 heterocycles.